The van der Waals surface area contributed by atoms with Crippen LogP contribution in [0.1, 0.15) is 51.9 Å². The van der Waals surface area contributed by atoms with Crippen molar-refractivity contribution in [3.8, 4) is 0 Å². The maximum absolute atomic E-state index is 12.3. The minimum atomic E-state index is 0. The lowest BCUT2D eigenvalue weighted by Crippen LogP contribution is -2.53. The Balaban J connectivity index is 0.00000132. The van der Waals surface area contributed by atoms with Crippen LogP contribution in [0.15, 0.2) is 0 Å². The molecule has 1 amide bonds. The molecule has 23 heavy (non-hydrogen) atoms. The number of piperazine rings is 1. The second-order valence-corrected chi connectivity index (χ2v) is 7.33. The third-order valence-corrected chi connectivity index (χ3v) is 5.75. The summed E-state index contributed by atoms with van der Waals surface area (Å²) >= 11 is 0. The molecule has 2 saturated heterocycles. The minimum absolute atomic E-state index is 0. The van der Waals surface area contributed by atoms with Gasteiger partial charge in [0.2, 0.25) is 5.91 Å². The van der Waals surface area contributed by atoms with Gasteiger partial charge in [0.25, 0.3) is 0 Å². The highest BCUT2D eigenvalue weighted by Gasteiger charge is 2.29. The maximum atomic E-state index is 12.3. The van der Waals surface area contributed by atoms with Crippen molar-refractivity contribution in [2.75, 3.05) is 32.7 Å². The Hall–Kier alpha value is -0.0300. The van der Waals surface area contributed by atoms with E-state index < -0.39 is 0 Å². The van der Waals surface area contributed by atoms with Gasteiger partial charge in [0.15, 0.2) is 0 Å². The molecule has 3 rings (SSSR count). The van der Waals surface area contributed by atoms with Crippen molar-refractivity contribution in [2.24, 2.45) is 5.92 Å². The maximum Gasteiger partial charge on any atom is 0.224 e. The Morgan fingerprint density at radius 2 is 1.65 bits per heavy atom. The molecule has 1 atom stereocenters. The van der Waals surface area contributed by atoms with E-state index in [0.29, 0.717) is 18.4 Å². The summed E-state index contributed by atoms with van der Waals surface area (Å²) in [5.41, 5.74) is 0. The molecule has 2 aliphatic heterocycles. The number of rotatable bonds is 3. The highest BCUT2D eigenvalue weighted by atomic mass is 35.5. The molecule has 0 radical (unpaired) electrons. The van der Waals surface area contributed by atoms with E-state index >= 15 is 0 Å². The Labute approximate surface area is 153 Å². The van der Waals surface area contributed by atoms with Crippen molar-refractivity contribution in [2.45, 2.75) is 64.0 Å². The lowest BCUT2D eigenvalue weighted by atomic mass is 9.86. The van der Waals surface area contributed by atoms with Crippen molar-refractivity contribution in [1.29, 1.82) is 0 Å². The number of hydrogen-bond donors (Lipinski definition) is 1. The average Bonchev–Trinajstić information content (AvgIpc) is 3.01. The molecule has 6 heteroatoms. The standard InChI is InChI=1S/C17H31N3O.2ClH/c1-14-4-6-16(7-5-14)19-9-11-20(12-10-19)17(21)13-15-3-2-8-18-15;;/h14-16,18H,2-13H2,1H3;2*1H. The van der Waals surface area contributed by atoms with Crippen LogP contribution >= 0.6 is 24.8 Å². The Bertz CT molecular complexity index is 348. The summed E-state index contributed by atoms with van der Waals surface area (Å²) in [7, 11) is 0. The Morgan fingerprint density at radius 1 is 1.00 bits per heavy atom. The first-order valence-electron chi connectivity index (χ1n) is 8.97. The number of amides is 1. The predicted octanol–water partition coefficient (Wildman–Crippen LogP) is 2.70. The SMILES string of the molecule is CC1CCC(N2CCN(C(=O)CC3CCCN3)CC2)CC1.Cl.Cl. The second-order valence-electron chi connectivity index (χ2n) is 7.33. The van der Waals surface area contributed by atoms with Gasteiger partial charge < -0.3 is 10.2 Å². The normalized spacial score (nSPS) is 32.0. The number of nitrogens with one attached hydrogen (secondary N) is 1. The van der Waals surface area contributed by atoms with Gasteiger partial charge in [-0.1, -0.05) is 6.92 Å². The molecule has 3 fully saturated rings. The summed E-state index contributed by atoms with van der Waals surface area (Å²) in [6, 6.07) is 1.23. The van der Waals surface area contributed by atoms with Crippen LogP contribution in [0.2, 0.25) is 0 Å². The van der Waals surface area contributed by atoms with Crippen LogP contribution < -0.4 is 5.32 Å². The van der Waals surface area contributed by atoms with E-state index in [1.807, 2.05) is 0 Å². The van der Waals surface area contributed by atoms with E-state index in [1.54, 1.807) is 0 Å². The number of carbonyl (C=O) groups excluding carboxylic acids is 1. The zero-order chi connectivity index (χ0) is 14.7. The van der Waals surface area contributed by atoms with Crippen molar-refractivity contribution in [1.82, 2.24) is 15.1 Å². The highest BCUT2D eigenvalue weighted by Crippen LogP contribution is 2.27. The van der Waals surface area contributed by atoms with Crippen LogP contribution in [0.3, 0.4) is 0 Å². The van der Waals surface area contributed by atoms with Crippen LogP contribution in [-0.4, -0.2) is 60.5 Å². The van der Waals surface area contributed by atoms with Crippen molar-refractivity contribution in [3.05, 3.63) is 0 Å². The summed E-state index contributed by atoms with van der Waals surface area (Å²) in [5, 5.41) is 3.43. The largest absolute Gasteiger partial charge is 0.340 e. The first-order valence-corrected chi connectivity index (χ1v) is 8.97. The Morgan fingerprint density at radius 3 is 2.22 bits per heavy atom. The molecule has 1 saturated carbocycles. The van der Waals surface area contributed by atoms with Crippen molar-refractivity contribution < 1.29 is 4.79 Å². The zero-order valence-electron chi connectivity index (χ0n) is 14.3. The fourth-order valence-electron chi connectivity index (χ4n) is 4.21. The molecule has 0 aromatic heterocycles. The summed E-state index contributed by atoms with van der Waals surface area (Å²) in [5.74, 6) is 1.29. The van der Waals surface area contributed by atoms with Gasteiger partial charge in [0, 0.05) is 44.7 Å². The molecule has 0 aromatic carbocycles. The van der Waals surface area contributed by atoms with E-state index in [-0.39, 0.29) is 24.8 Å². The summed E-state index contributed by atoms with van der Waals surface area (Å²) in [4.78, 5) is 17.1. The topological polar surface area (TPSA) is 35.6 Å². The molecule has 0 bridgehead atoms. The minimum Gasteiger partial charge on any atom is -0.340 e. The molecule has 1 unspecified atom stereocenters. The van der Waals surface area contributed by atoms with E-state index in [4.69, 9.17) is 0 Å². The number of carbonyl (C=O) groups is 1. The first-order chi connectivity index (χ1) is 10.2. The van der Waals surface area contributed by atoms with Gasteiger partial charge >= 0.3 is 0 Å². The molecule has 4 nitrogen and oxygen atoms in total. The molecule has 1 N–H and O–H groups in total. The van der Waals surface area contributed by atoms with Gasteiger partial charge in [0.05, 0.1) is 0 Å². The fourth-order valence-corrected chi connectivity index (χ4v) is 4.21. The van der Waals surface area contributed by atoms with Crippen LogP contribution in [0.25, 0.3) is 0 Å². The van der Waals surface area contributed by atoms with Gasteiger partial charge in [-0.25, -0.2) is 0 Å². The number of halogens is 2. The van der Waals surface area contributed by atoms with Crippen LogP contribution in [0, 0.1) is 5.92 Å². The third-order valence-electron chi connectivity index (χ3n) is 5.75. The molecule has 2 heterocycles. The van der Waals surface area contributed by atoms with Gasteiger partial charge in [0.1, 0.15) is 0 Å². The molecule has 3 aliphatic rings. The van der Waals surface area contributed by atoms with E-state index in [9.17, 15) is 4.79 Å². The van der Waals surface area contributed by atoms with Gasteiger partial charge in [-0.05, 0) is 51.0 Å². The van der Waals surface area contributed by atoms with Gasteiger partial charge in [-0.3, -0.25) is 9.69 Å². The molecule has 1 aliphatic carbocycles. The zero-order valence-corrected chi connectivity index (χ0v) is 16.0. The molecular formula is C17H33Cl2N3O. The molecular weight excluding hydrogens is 333 g/mol. The fraction of sp³-hybridized carbons (Fsp3) is 0.941. The van der Waals surface area contributed by atoms with E-state index in [1.165, 1.54) is 38.5 Å². The molecule has 0 spiro atoms. The average molecular weight is 366 g/mol. The number of nitrogens with zero attached hydrogens (tertiary/aromatic N) is 2. The smallest absolute Gasteiger partial charge is 0.224 e. The van der Waals surface area contributed by atoms with E-state index in [2.05, 4.69) is 22.0 Å². The van der Waals surface area contributed by atoms with Gasteiger partial charge in [-0.15, -0.1) is 24.8 Å². The summed E-state index contributed by atoms with van der Waals surface area (Å²) in [6.07, 6.45) is 8.61. The lowest BCUT2D eigenvalue weighted by molar-refractivity contribution is -0.133. The molecule has 0 aromatic rings. The van der Waals surface area contributed by atoms with Crippen LogP contribution in [0.5, 0.6) is 0 Å². The van der Waals surface area contributed by atoms with Crippen LogP contribution in [-0.2, 0) is 4.79 Å². The first kappa shape index (κ1) is 21.0. The predicted molar refractivity (Wildman–Crippen MR) is 99.7 cm³/mol. The van der Waals surface area contributed by atoms with Crippen LogP contribution in [0.4, 0.5) is 0 Å². The van der Waals surface area contributed by atoms with Crippen molar-refractivity contribution in [3.63, 3.8) is 0 Å². The lowest BCUT2D eigenvalue weighted by Gasteiger charge is -2.41. The van der Waals surface area contributed by atoms with E-state index in [0.717, 1.165) is 44.7 Å². The third kappa shape index (κ3) is 5.77. The van der Waals surface area contributed by atoms with Gasteiger partial charge in [-0.2, -0.15) is 0 Å². The number of hydrogen-bond acceptors (Lipinski definition) is 3. The molecule has 136 valence electrons. The van der Waals surface area contributed by atoms with Crippen molar-refractivity contribution >= 4 is 30.7 Å². The quantitative estimate of drug-likeness (QED) is 0.834. The highest BCUT2D eigenvalue weighted by molar-refractivity contribution is 5.85. The summed E-state index contributed by atoms with van der Waals surface area (Å²) < 4.78 is 0. The summed E-state index contributed by atoms with van der Waals surface area (Å²) in [6.45, 7) is 7.52. The second kappa shape index (κ2) is 10.1. The monoisotopic (exact) mass is 365 g/mol. The Kier molecular flexibility index (Phi) is 9.20.